The number of aromatic nitrogens is 3. The lowest BCUT2D eigenvalue weighted by atomic mass is 10.2. The molecule has 0 radical (unpaired) electrons. The lowest BCUT2D eigenvalue weighted by Crippen LogP contribution is -2.37. The largest absolute Gasteiger partial charge is 0.473 e. The number of ether oxygens (including phenoxy) is 2. The third-order valence-corrected chi connectivity index (χ3v) is 6.90. The van der Waals surface area contributed by atoms with E-state index < -0.39 is 10.0 Å². The molecule has 31 heavy (non-hydrogen) atoms. The van der Waals surface area contributed by atoms with Crippen LogP contribution in [0.4, 0.5) is 11.6 Å². The van der Waals surface area contributed by atoms with Gasteiger partial charge in [0, 0.05) is 30.2 Å². The molecule has 0 unspecified atom stereocenters. The number of nitrogens with one attached hydrogen (secondary N) is 1. The predicted molar refractivity (Wildman–Crippen MR) is 126 cm³/mol. The van der Waals surface area contributed by atoms with Crippen LogP contribution in [0.5, 0.6) is 5.88 Å². The first-order valence-corrected chi connectivity index (χ1v) is 13.2. The number of thiophene rings is 1. The summed E-state index contributed by atoms with van der Waals surface area (Å²) in [5.41, 5.74) is 2.42. The summed E-state index contributed by atoms with van der Waals surface area (Å²) in [5, 5.41) is 1.96. The van der Waals surface area contributed by atoms with Crippen LogP contribution in [-0.4, -0.2) is 62.0 Å². The van der Waals surface area contributed by atoms with Crippen molar-refractivity contribution in [2.45, 2.75) is 20.0 Å². The van der Waals surface area contributed by atoms with Crippen LogP contribution in [0.1, 0.15) is 13.8 Å². The second kappa shape index (κ2) is 8.85. The van der Waals surface area contributed by atoms with Crippen molar-refractivity contribution in [2.24, 2.45) is 0 Å². The number of pyridine rings is 1. The molecule has 0 amide bonds. The second-order valence-corrected chi connectivity index (χ2v) is 10.8. The maximum Gasteiger partial charge on any atom is 0.238 e. The van der Waals surface area contributed by atoms with Crippen molar-refractivity contribution in [3.8, 4) is 17.1 Å². The monoisotopic (exact) mass is 527 g/mol. The van der Waals surface area contributed by atoms with Gasteiger partial charge in [-0.25, -0.2) is 23.4 Å². The first-order chi connectivity index (χ1) is 14.7. The van der Waals surface area contributed by atoms with Gasteiger partial charge in [0.05, 0.1) is 40.4 Å². The molecule has 9 nitrogen and oxygen atoms in total. The van der Waals surface area contributed by atoms with Gasteiger partial charge in [0.15, 0.2) is 0 Å². The highest BCUT2D eigenvalue weighted by Gasteiger charge is 2.21. The van der Waals surface area contributed by atoms with Gasteiger partial charge in [-0.3, -0.25) is 4.72 Å². The molecule has 0 aromatic carbocycles. The summed E-state index contributed by atoms with van der Waals surface area (Å²) in [6, 6.07) is 1.70. The van der Waals surface area contributed by atoms with Gasteiger partial charge in [-0.2, -0.15) is 0 Å². The Morgan fingerprint density at radius 1 is 1.29 bits per heavy atom. The molecule has 1 aliphatic rings. The highest BCUT2D eigenvalue weighted by atomic mass is 79.9. The number of hydrogen-bond acceptors (Lipinski definition) is 9. The van der Waals surface area contributed by atoms with E-state index in [0.29, 0.717) is 43.5 Å². The topological polar surface area (TPSA) is 107 Å². The van der Waals surface area contributed by atoms with Crippen LogP contribution < -0.4 is 14.4 Å². The Balaban J connectivity index is 1.86. The zero-order chi connectivity index (χ0) is 22.2. The Morgan fingerprint density at radius 2 is 2.03 bits per heavy atom. The molecular weight excluding hydrogens is 506 g/mol. The molecule has 0 atom stereocenters. The summed E-state index contributed by atoms with van der Waals surface area (Å²) in [5.74, 6) is 0.820. The number of morpholine rings is 1. The summed E-state index contributed by atoms with van der Waals surface area (Å²) in [4.78, 5) is 16.0. The molecular formula is C19H22BrN5O4S2. The number of fused-ring (bicyclic) bond motifs is 1. The number of rotatable bonds is 6. The van der Waals surface area contributed by atoms with Crippen LogP contribution in [-0.2, 0) is 14.8 Å². The molecule has 1 N–H and O–H groups in total. The van der Waals surface area contributed by atoms with E-state index in [1.807, 2.05) is 19.2 Å². The molecule has 0 bridgehead atoms. The Hall–Kier alpha value is -2.02. The Labute approximate surface area is 193 Å². The summed E-state index contributed by atoms with van der Waals surface area (Å²) in [6.45, 7) is 6.34. The maximum absolute atomic E-state index is 11.9. The molecule has 0 saturated carbocycles. The Kier molecular flexibility index (Phi) is 6.33. The molecule has 1 aliphatic heterocycles. The number of hydrogen-bond donors (Lipinski definition) is 1. The predicted octanol–water partition coefficient (Wildman–Crippen LogP) is 3.51. The van der Waals surface area contributed by atoms with Crippen LogP contribution in [0.15, 0.2) is 22.1 Å². The lowest BCUT2D eigenvalue weighted by Gasteiger charge is -2.27. The zero-order valence-corrected chi connectivity index (χ0v) is 20.5. The van der Waals surface area contributed by atoms with E-state index in [1.165, 1.54) is 11.3 Å². The van der Waals surface area contributed by atoms with Crippen molar-refractivity contribution < 1.29 is 17.9 Å². The lowest BCUT2D eigenvalue weighted by molar-refractivity contribution is 0.122. The van der Waals surface area contributed by atoms with Gasteiger partial charge in [-0.1, -0.05) is 0 Å². The third kappa shape index (κ3) is 5.08. The minimum Gasteiger partial charge on any atom is -0.473 e. The molecule has 3 aromatic heterocycles. The smallest absolute Gasteiger partial charge is 0.238 e. The number of halogens is 1. The quantitative estimate of drug-likeness (QED) is 0.518. The second-order valence-electron chi connectivity index (χ2n) is 7.35. The molecule has 4 heterocycles. The van der Waals surface area contributed by atoms with Crippen LogP contribution in [0, 0.1) is 0 Å². The maximum atomic E-state index is 11.9. The molecule has 1 saturated heterocycles. The minimum absolute atomic E-state index is 0.162. The van der Waals surface area contributed by atoms with Gasteiger partial charge in [-0.05, 0) is 35.8 Å². The van der Waals surface area contributed by atoms with E-state index in [2.05, 4.69) is 30.5 Å². The van der Waals surface area contributed by atoms with E-state index >= 15 is 0 Å². The average Bonchev–Trinajstić information content (AvgIpc) is 3.09. The highest BCUT2D eigenvalue weighted by molar-refractivity contribution is 9.10. The molecule has 3 aromatic rings. The van der Waals surface area contributed by atoms with Crippen LogP contribution in [0.2, 0.25) is 0 Å². The van der Waals surface area contributed by atoms with Crippen LogP contribution in [0.3, 0.4) is 0 Å². The standard InChI is InChI=1S/C19H22BrN5O4S2/c1-11(2)29-18-14(24-31(3,26)27)8-12(9-21-18)15-17-16(13(20)10-30-17)23-19(22-15)25-4-6-28-7-5-25/h8-11,24H,4-7H2,1-3H3. The van der Waals surface area contributed by atoms with Crippen molar-refractivity contribution in [3.05, 3.63) is 22.1 Å². The van der Waals surface area contributed by atoms with Gasteiger partial charge in [0.2, 0.25) is 21.9 Å². The number of nitrogens with zero attached hydrogens (tertiary/aromatic N) is 4. The summed E-state index contributed by atoms with van der Waals surface area (Å²) >= 11 is 5.09. The van der Waals surface area contributed by atoms with E-state index in [-0.39, 0.29) is 17.7 Å². The number of anilines is 2. The first-order valence-electron chi connectivity index (χ1n) is 9.63. The minimum atomic E-state index is -3.53. The fourth-order valence-corrected chi connectivity index (χ4v) is 5.27. The first kappa shape index (κ1) is 22.2. The molecule has 166 valence electrons. The third-order valence-electron chi connectivity index (χ3n) is 4.42. The van der Waals surface area contributed by atoms with E-state index in [1.54, 1.807) is 12.3 Å². The van der Waals surface area contributed by atoms with Gasteiger partial charge in [0.25, 0.3) is 0 Å². The van der Waals surface area contributed by atoms with Crippen LogP contribution >= 0.6 is 27.3 Å². The Bertz CT molecular complexity index is 1210. The van der Waals surface area contributed by atoms with E-state index in [4.69, 9.17) is 19.4 Å². The van der Waals surface area contributed by atoms with Crippen molar-refractivity contribution in [3.63, 3.8) is 0 Å². The van der Waals surface area contributed by atoms with Gasteiger partial charge in [-0.15, -0.1) is 11.3 Å². The van der Waals surface area contributed by atoms with Crippen molar-refractivity contribution in [1.82, 2.24) is 15.0 Å². The molecule has 0 spiro atoms. The SMILES string of the molecule is CC(C)Oc1ncc(-c2nc(N3CCOCC3)nc3c(Br)csc23)cc1NS(C)(=O)=O. The molecule has 12 heteroatoms. The summed E-state index contributed by atoms with van der Waals surface area (Å²) in [6.07, 6.45) is 2.57. The fourth-order valence-electron chi connectivity index (χ4n) is 3.15. The van der Waals surface area contributed by atoms with Crippen molar-refractivity contribution >= 4 is 59.1 Å². The van der Waals surface area contributed by atoms with Gasteiger partial charge in [0.1, 0.15) is 11.2 Å². The normalized spacial score (nSPS) is 14.9. The summed E-state index contributed by atoms with van der Waals surface area (Å²) < 4.78 is 39.3. The van der Waals surface area contributed by atoms with Crippen LogP contribution in [0.25, 0.3) is 21.5 Å². The van der Waals surface area contributed by atoms with E-state index in [0.717, 1.165) is 20.9 Å². The fraction of sp³-hybridized carbons (Fsp3) is 0.421. The van der Waals surface area contributed by atoms with Crippen molar-refractivity contribution in [1.29, 1.82) is 0 Å². The van der Waals surface area contributed by atoms with E-state index in [9.17, 15) is 8.42 Å². The Morgan fingerprint density at radius 3 is 2.71 bits per heavy atom. The highest BCUT2D eigenvalue weighted by Crippen LogP contribution is 2.38. The van der Waals surface area contributed by atoms with Crippen molar-refractivity contribution in [2.75, 3.05) is 42.2 Å². The number of sulfonamides is 1. The zero-order valence-electron chi connectivity index (χ0n) is 17.3. The summed E-state index contributed by atoms with van der Waals surface area (Å²) in [7, 11) is -3.53. The molecule has 4 rings (SSSR count). The van der Waals surface area contributed by atoms with Gasteiger partial charge >= 0.3 is 0 Å². The molecule has 1 fully saturated rings. The molecule has 0 aliphatic carbocycles. The average molecular weight is 528 g/mol. The van der Waals surface area contributed by atoms with Gasteiger partial charge < -0.3 is 14.4 Å².